The molecule has 1 aliphatic heterocycles. The number of fused-ring (bicyclic) bond motifs is 8. The number of nitrogens with zero attached hydrogens (tertiary/aromatic N) is 3. The summed E-state index contributed by atoms with van der Waals surface area (Å²) in [4.78, 5) is 8.85. The Balaban J connectivity index is 1.50. The van der Waals surface area contributed by atoms with Crippen molar-refractivity contribution < 1.29 is 27.4 Å². The van der Waals surface area contributed by atoms with Gasteiger partial charge in [-0.3, -0.25) is 0 Å². The van der Waals surface area contributed by atoms with Gasteiger partial charge in [0, 0.05) is 35.5 Å². The van der Waals surface area contributed by atoms with E-state index in [1.165, 1.54) is 12.1 Å². The van der Waals surface area contributed by atoms with Gasteiger partial charge in [0.15, 0.2) is 21.5 Å². The van der Waals surface area contributed by atoms with Crippen molar-refractivity contribution in [3.8, 4) is 11.4 Å². The van der Waals surface area contributed by atoms with Gasteiger partial charge in [-0.15, -0.1) is 0 Å². The lowest BCUT2D eigenvalue weighted by Gasteiger charge is -2.31. The summed E-state index contributed by atoms with van der Waals surface area (Å²) in [5.41, 5.74) is 1.81. The number of rotatable bonds is 4. The Hall–Kier alpha value is -3.58. The molecule has 0 radical (unpaired) electrons. The van der Waals surface area contributed by atoms with Crippen LogP contribution in [0, 0.1) is 17.0 Å². The van der Waals surface area contributed by atoms with E-state index in [-0.39, 0.29) is 36.5 Å². The summed E-state index contributed by atoms with van der Waals surface area (Å²) >= 11 is 1.13. The molecule has 6 rings (SSSR count). The SMILES string of the molecule is Cn1nc2nc1-c1cc(ccc1F)Sc1c(F)cc3[nH]ccc3c1CCS(=O)(=O)CC(C)(C)CCC[C@]2(C)c1cccc(C[C@H](O)CO)c1. The van der Waals surface area contributed by atoms with Gasteiger partial charge in [0.05, 0.1) is 40.1 Å². The van der Waals surface area contributed by atoms with Crippen LogP contribution in [0.5, 0.6) is 0 Å². The second-order valence-corrected chi connectivity index (χ2v) is 17.4. The molecule has 49 heavy (non-hydrogen) atoms. The fourth-order valence-corrected chi connectivity index (χ4v) is 10.0. The van der Waals surface area contributed by atoms with Crippen LogP contribution < -0.4 is 0 Å². The number of benzene rings is 3. The summed E-state index contributed by atoms with van der Waals surface area (Å²) in [6.45, 7) is 5.58. The van der Waals surface area contributed by atoms with Gasteiger partial charge in [-0.1, -0.05) is 56.3 Å². The van der Waals surface area contributed by atoms with Crippen LogP contribution in [0.1, 0.15) is 62.5 Å². The third-order valence-corrected chi connectivity index (χ3v) is 12.8. The van der Waals surface area contributed by atoms with Gasteiger partial charge in [-0.2, -0.15) is 5.10 Å². The smallest absolute Gasteiger partial charge is 0.161 e. The zero-order valence-corrected chi connectivity index (χ0v) is 29.8. The average Bonchev–Trinajstić information content (AvgIpc) is 3.67. The number of aliphatic hydroxyl groups excluding tert-OH is 2. The van der Waals surface area contributed by atoms with E-state index >= 15 is 8.78 Å². The Morgan fingerprint density at radius 3 is 2.63 bits per heavy atom. The van der Waals surface area contributed by atoms with Crippen molar-refractivity contribution in [2.24, 2.45) is 12.5 Å². The molecule has 0 spiro atoms. The maximum atomic E-state index is 15.8. The topological polar surface area (TPSA) is 121 Å². The molecule has 260 valence electrons. The van der Waals surface area contributed by atoms with Crippen LogP contribution in [0.2, 0.25) is 0 Å². The molecule has 2 aromatic heterocycles. The maximum absolute atomic E-state index is 15.8. The van der Waals surface area contributed by atoms with Crippen molar-refractivity contribution in [3.05, 3.63) is 94.9 Å². The number of aliphatic hydroxyl groups is 2. The Kier molecular flexibility index (Phi) is 9.80. The van der Waals surface area contributed by atoms with Gasteiger partial charge in [0.2, 0.25) is 0 Å². The minimum absolute atomic E-state index is 0.0212. The molecule has 3 aromatic carbocycles. The van der Waals surface area contributed by atoms with Crippen molar-refractivity contribution in [1.29, 1.82) is 0 Å². The first-order valence-electron chi connectivity index (χ1n) is 16.4. The number of H-pyrrole nitrogens is 1. The van der Waals surface area contributed by atoms with Crippen LogP contribution >= 0.6 is 11.8 Å². The van der Waals surface area contributed by atoms with Crippen molar-refractivity contribution >= 4 is 32.5 Å². The summed E-state index contributed by atoms with van der Waals surface area (Å²) in [5.74, 6) is -0.351. The third-order valence-electron chi connectivity index (χ3n) is 9.57. The maximum Gasteiger partial charge on any atom is 0.161 e. The largest absolute Gasteiger partial charge is 0.394 e. The predicted molar refractivity (Wildman–Crippen MR) is 188 cm³/mol. The number of nitrogens with one attached hydrogen (secondary N) is 1. The summed E-state index contributed by atoms with van der Waals surface area (Å²) < 4.78 is 60.2. The Morgan fingerprint density at radius 2 is 1.86 bits per heavy atom. The molecule has 0 aliphatic carbocycles. The van der Waals surface area contributed by atoms with E-state index < -0.39 is 38.4 Å². The van der Waals surface area contributed by atoms with Crippen LogP contribution in [0.4, 0.5) is 8.78 Å². The molecule has 1 aliphatic rings. The highest BCUT2D eigenvalue weighted by atomic mass is 32.2. The summed E-state index contributed by atoms with van der Waals surface area (Å²) in [7, 11) is -1.82. The second kappa shape index (κ2) is 13.6. The fourth-order valence-electron chi connectivity index (χ4n) is 6.97. The third kappa shape index (κ3) is 7.47. The minimum Gasteiger partial charge on any atom is -0.394 e. The van der Waals surface area contributed by atoms with Gasteiger partial charge in [0.1, 0.15) is 11.6 Å². The molecule has 3 N–H and O–H groups in total. The van der Waals surface area contributed by atoms with Crippen molar-refractivity contribution in [2.75, 3.05) is 18.1 Å². The van der Waals surface area contributed by atoms with Crippen LogP contribution in [0.25, 0.3) is 22.3 Å². The molecule has 2 atom stereocenters. The number of aromatic nitrogens is 4. The number of halogens is 2. The van der Waals surface area contributed by atoms with E-state index in [4.69, 9.17) is 10.1 Å². The molecule has 12 heteroatoms. The van der Waals surface area contributed by atoms with E-state index in [0.717, 1.165) is 28.3 Å². The zero-order valence-electron chi connectivity index (χ0n) is 28.1. The lowest BCUT2D eigenvalue weighted by atomic mass is 9.75. The van der Waals surface area contributed by atoms with Gasteiger partial charge in [-0.05, 0) is 78.6 Å². The van der Waals surface area contributed by atoms with Gasteiger partial charge >= 0.3 is 0 Å². The molecule has 8 nitrogen and oxygen atoms in total. The van der Waals surface area contributed by atoms with Crippen molar-refractivity contribution in [1.82, 2.24) is 19.7 Å². The number of hydrogen-bond donors (Lipinski definition) is 3. The number of aryl methyl sites for hydroxylation is 2. The van der Waals surface area contributed by atoms with Gasteiger partial charge < -0.3 is 15.2 Å². The molecular formula is C37H42F2N4O4S2. The van der Waals surface area contributed by atoms with Crippen molar-refractivity contribution in [2.45, 2.75) is 74.2 Å². The number of sulfone groups is 1. The first-order chi connectivity index (χ1) is 23.2. The van der Waals surface area contributed by atoms with E-state index in [9.17, 15) is 18.6 Å². The van der Waals surface area contributed by atoms with Crippen LogP contribution in [0.15, 0.2) is 70.6 Å². The van der Waals surface area contributed by atoms with E-state index in [1.54, 1.807) is 30.1 Å². The van der Waals surface area contributed by atoms with E-state index in [1.807, 2.05) is 51.1 Å². The molecule has 0 amide bonds. The number of aromatic amines is 1. The van der Waals surface area contributed by atoms with Crippen LogP contribution in [-0.4, -0.2) is 62.6 Å². The lowest BCUT2D eigenvalue weighted by Crippen LogP contribution is -2.29. The van der Waals surface area contributed by atoms with Gasteiger partial charge in [-0.25, -0.2) is 26.9 Å². The highest BCUT2D eigenvalue weighted by molar-refractivity contribution is 7.99. The molecule has 0 saturated carbocycles. The number of hydrogen-bond acceptors (Lipinski definition) is 7. The Morgan fingerprint density at radius 1 is 1.06 bits per heavy atom. The van der Waals surface area contributed by atoms with Crippen LogP contribution in [-0.2, 0) is 35.1 Å². The minimum atomic E-state index is -3.54. The summed E-state index contributed by atoms with van der Waals surface area (Å²) in [6.07, 6.45) is 3.02. The second-order valence-electron chi connectivity index (χ2n) is 14.2. The van der Waals surface area contributed by atoms with Crippen molar-refractivity contribution in [3.63, 3.8) is 0 Å². The molecule has 4 bridgehead atoms. The van der Waals surface area contributed by atoms with Crippen LogP contribution in [0.3, 0.4) is 0 Å². The zero-order chi connectivity index (χ0) is 35.1. The highest BCUT2D eigenvalue weighted by Gasteiger charge is 2.36. The fraction of sp³-hybridized carbons (Fsp3) is 0.405. The summed E-state index contributed by atoms with van der Waals surface area (Å²) in [5, 5.41) is 25.2. The Labute approximate surface area is 289 Å². The lowest BCUT2D eigenvalue weighted by molar-refractivity contribution is 0.0955. The average molecular weight is 709 g/mol. The molecule has 0 fully saturated rings. The Bertz CT molecular complexity index is 2110. The molecule has 0 unspecified atom stereocenters. The molecule has 5 aromatic rings. The normalized spacial score (nSPS) is 20.3. The highest BCUT2D eigenvalue weighted by Crippen LogP contribution is 2.42. The van der Waals surface area contributed by atoms with E-state index in [0.29, 0.717) is 51.8 Å². The molecule has 3 heterocycles. The first-order valence-corrected chi connectivity index (χ1v) is 19.1. The summed E-state index contributed by atoms with van der Waals surface area (Å²) in [6, 6.07) is 15.5. The monoisotopic (exact) mass is 708 g/mol. The predicted octanol–water partition coefficient (Wildman–Crippen LogP) is 6.76. The molecular weight excluding hydrogens is 667 g/mol. The first kappa shape index (κ1) is 35.3. The van der Waals surface area contributed by atoms with Gasteiger partial charge in [0.25, 0.3) is 0 Å². The quantitative estimate of drug-likeness (QED) is 0.189. The van der Waals surface area contributed by atoms with E-state index in [2.05, 4.69) is 4.98 Å². The molecule has 0 saturated heterocycles. The standard InChI is InChI=1S/C37H42F2N4O4S2/c1-36(2)13-6-14-37(3,24-8-5-7-23(17-24)18-25(45)21-44)35-41-34(43(4)42-35)29-19-26(9-10-30(29)38)48-33-28(12-16-49(46,47)22-36)27-11-15-40-32(27)20-31(33)39/h5,7-11,15,17,19-20,25,40,44-45H,6,12-14,16,18,21-22H2,1-4H3/t25-,37+/m0/s1.